The molecule has 2 N–H and O–H groups in total. The molecule has 0 aromatic heterocycles. The number of amides is 1. The molecule has 1 saturated heterocycles. The van der Waals surface area contributed by atoms with Crippen LogP contribution in [0.15, 0.2) is 42.2 Å². The fourth-order valence-electron chi connectivity index (χ4n) is 8.02. The fraction of sp³-hybridized carbons (Fsp3) is 0.579. The van der Waals surface area contributed by atoms with Gasteiger partial charge in [-0.15, -0.1) is 0 Å². The number of nitrogens with two attached hydrogens (primary N) is 1. The molecule has 3 heterocycles. The minimum Gasteiger partial charge on any atom is -0.487 e. The van der Waals surface area contributed by atoms with E-state index in [0.717, 1.165) is 36.0 Å². The lowest BCUT2D eigenvalue weighted by molar-refractivity contribution is -0.139. The van der Waals surface area contributed by atoms with Crippen LogP contribution < -0.4 is 14.8 Å². The molecule has 3 atom stereocenters. The highest BCUT2D eigenvalue weighted by atomic mass is 35.5. The Morgan fingerprint density at radius 2 is 1.83 bits per heavy atom. The highest BCUT2D eigenvalue weighted by Crippen LogP contribution is 2.49. The van der Waals surface area contributed by atoms with Gasteiger partial charge < -0.3 is 28.7 Å². The van der Waals surface area contributed by atoms with Gasteiger partial charge in [0.25, 0.3) is 0 Å². The van der Waals surface area contributed by atoms with E-state index in [2.05, 4.69) is 4.90 Å². The quantitative estimate of drug-likeness (QED) is 0.266. The van der Waals surface area contributed by atoms with Crippen molar-refractivity contribution < 1.29 is 41.3 Å². The Balaban J connectivity index is 1.72. The highest BCUT2D eigenvalue weighted by Gasteiger charge is 2.52. The van der Waals surface area contributed by atoms with Gasteiger partial charge in [-0.3, -0.25) is 9.69 Å². The molecular formula is C38H52ClFN4O8S. The minimum absolute atomic E-state index is 0.0548. The van der Waals surface area contributed by atoms with Gasteiger partial charge in [0.15, 0.2) is 0 Å². The average molecular weight is 779 g/mol. The van der Waals surface area contributed by atoms with Gasteiger partial charge in [0.2, 0.25) is 15.9 Å². The van der Waals surface area contributed by atoms with Gasteiger partial charge in [-0.25, -0.2) is 22.7 Å². The summed E-state index contributed by atoms with van der Waals surface area (Å²) in [7, 11) is 0.624. The maximum absolute atomic E-state index is 17.2. The number of nitrogens with zero attached hydrogens (tertiary/aromatic N) is 3. The molecule has 292 valence electrons. The largest absolute Gasteiger partial charge is 0.487 e. The Bertz CT molecular complexity index is 1770. The summed E-state index contributed by atoms with van der Waals surface area (Å²) in [4.78, 5) is 33.4. The molecule has 3 aliphatic heterocycles. The van der Waals surface area contributed by atoms with Crippen molar-refractivity contribution in [3.63, 3.8) is 0 Å². The van der Waals surface area contributed by atoms with Gasteiger partial charge in [0, 0.05) is 52.0 Å². The number of anilines is 1. The lowest BCUT2D eigenvalue weighted by atomic mass is 9.79. The van der Waals surface area contributed by atoms with Gasteiger partial charge >= 0.3 is 5.97 Å². The Morgan fingerprint density at radius 3 is 2.51 bits per heavy atom. The van der Waals surface area contributed by atoms with E-state index in [0.29, 0.717) is 54.5 Å². The maximum atomic E-state index is 17.2. The van der Waals surface area contributed by atoms with Crippen molar-refractivity contribution in [3.05, 3.63) is 69.5 Å². The summed E-state index contributed by atoms with van der Waals surface area (Å²) < 4.78 is 63.2. The van der Waals surface area contributed by atoms with Crippen LogP contribution in [0.25, 0.3) is 0 Å². The van der Waals surface area contributed by atoms with Crippen molar-refractivity contribution in [3.8, 4) is 5.75 Å². The summed E-state index contributed by atoms with van der Waals surface area (Å²) in [6.07, 6.45) is 5.07. The molecule has 1 unspecified atom stereocenters. The number of methoxy groups -OCH3 is 3. The zero-order chi connectivity index (χ0) is 38.3. The van der Waals surface area contributed by atoms with Crippen molar-refractivity contribution in [2.75, 3.05) is 77.9 Å². The van der Waals surface area contributed by atoms with Crippen molar-refractivity contribution in [2.45, 2.75) is 63.6 Å². The van der Waals surface area contributed by atoms with E-state index in [1.165, 1.54) is 13.2 Å². The van der Waals surface area contributed by atoms with Crippen LogP contribution in [0.4, 0.5) is 10.1 Å². The number of benzene rings is 2. The second kappa shape index (κ2) is 17.9. The molecule has 3 aliphatic rings. The van der Waals surface area contributed by atoms with Crippen LogP contribution in [0.2, 0.25) is 5.02 Å². The zero-order valence-corrected chi connectivity index (χ0v) is 32.6. The molecule has 1 spiro atoms. The number of rotatable bonds is 14. The SMILES string of the molecule is COCCN(CCOC)C(=O)C(/C(F)=C/C[C@H](C)CS(N)(=O)=O)N1CCC[C@@]12CN1CCCCc3cc(Cl)cc2c3COc2ccc(C(=O)OC)cc21. The van der Waals surface area contributed by atoms with E-state index in [1.54, 1.807) is 44.2 Å². The molecule has 1 fully saturated rings. The number of likely N-dealkylation sites (tertiary alicyclic amines) is 1. The summed E-state index contributed by atoms with van der Waals surface area (Å²) in [5, 5.41) is 5.85. The number of fused-ring (bicyclic) bond motifs is 3. The number of allylic oxidation sites excluding steroid dienone is 1. The van der Waals surface area contributed by atoms with Crippen LogP contribution in [0, 0.1) is 5.92 Å². The number of hydrogen-bond donors (Lipinski definition) is 1. The molecule has 15 heteroatoms. The molecular weight excluding hydrogens is 727 g/mol. The number of ether oxygens (including phenoxy) is 4. The number of carbonyl (C=O) groups excluding carboxylic acids is 2. The van der Waals surface area contributed by atoms with Crippen molar-refractivity contribution in [1.29, 1.82) is 0 Å². The van der Waals surface area contributed by atoms with Crippen molar-refractivity contribution >= 4 is 39.2 Å². The number of esters is 1. The first-order chi connectivity index (χ1) is 25.3. The standard InChI is InChI=1S/C38H52ClFN4O8S/c1-26(24-53(41,47)48)9-11-32(40)35(36(45)42(16-18-49-2)17-19-50-3)44-15-7-13-38(44)25-43-14-6-5-8-27-20-29(39)22-31(38)30(27)23-52-34-12-10-28(21-33(34)43)37(46)51-4/h10-12,20-22,26,35H,5-9,13-19,23-25H2,1-4H3,(H2,41,47,48)/b32-11-/t26-,35?,38-/m0/s1. The fourth-order valence-corrected chi connectivity index (χ4v) is 9.19. The van der Waals surface area contributed by atoms with E-state index in [4.69, 9.17) is 35.7 Å². The lowest BCUT2D eigenvalue weighted by Gasteiger charge is -2.47. The Kier molecular flexibility index (Phi) is 13.8. The van der Waals surface area contributed by atoms with E-state index in [1.807, 2.05) is 17.0 Å². The number of halogens is 2. The maximum Gasteiger partial charge on any atom is 0.337 e. The van der Waals surface area contributed by atoms with Crippen LogP contribution in [0.1, 0.15) is 66.1 Å². The van der Waals surface area contributed by atoms with Crippen LogP contribution >= 0.6 is 11.6 Å². The summed E-state index contributed by atoms with van der Waals surface area (Å²) in [5.74, 6) is -1.83. The smallest absolute Gasteiger partial charge is 0.337 e. The Labute approximate surface area is 317 Å². The number of hydrogen-bond acceptors (Lipinski definition) is 10. The molecule has 0 radical (unpaired) electrons. The molecule has 53 heavy (non-hydrogen) atoms. The molecule has 0 aliphatic carbocycles. The average Bonchev–Trinajstić information content (AvgIpc) is 3.53. The molecule has 2 aromatic rings. The van der Waals surface area contributed by atoms with Crippen LogP contribution in [0.5, 0.6) is 5.75 Å². The molecule has 0 saturated carbocycles. The molecule has 12 nitrogen and oxygen atoms in total. The highest BCUT2D eigenvalue weighted by molar-refractivity contribution is 7.89. The van der Waals surface area contributed by atoms with E-state index in [9.17, 15) is 18.0 Å². The van der Waals surface area contributed by atoms with Crippen LogP contribution in [-0.2, 0) is 47.6 Å². The third-order valence-corrected chi connectivity index (χ3v) is 11.7. The summed E-state index contributed by atoms with van der Waals surface area (Å²) in [6, 6.07) is 7.79. The van der Waals surface area contributed by atoms with Crippen LogP contribution in [-0.4, -0.2) is 109 Å². The monoisotopic (exact) mass is 778 g/mol. The summed E-state index contributed by atoms with van der Waals surface area (Å²) >= 11 is 6.91. The predicted molar refractivity (Wildman–Crippen MR) is 201 cm³/mol. The van der Waals surface area contributed by atoms with Crippen molar-refractivity contribution in [1.82, 2.24) is 9.80 Å². The third-order valence-electron chi connectivity index (χ3n) is 10.5. The van der Waals surface area contributed by atoms with Crippen molar-refractivity contribution in [2.24, 2.45) is 11.1 Å². The minimum atomic E-state index is -3.80. The number of carbonyl (C=O) groups is 2. The Hall–Kier alpha value is -3.27. The van der Waals surface area contributed by atoms with Crippen LogP contribution in [0.3, 0.4) is 0 Å². The summed E-state index contributed by atoms with van der Waals surface area (Å²) in [5.41, 5.74) is 3.00. The van der Waals surface area contributed by atoms with E-state index < -0.39 is 45.2 Å². The Morgan fingerprint density at radius 1 is 1.09 bits per heavy atom. The second-order valence-corrected chi connectivity index (χ2v) is 16.3. The lowest BCUT2D eigenvalue weighted by Crippen LogP contribution is -2.59. The van der Waals surface area contributed by atoms with Gasteiger partial charge in [0.05, 0.1) is 42.9 Å². The molecule has 5 rings (SSSR count). The van der Waals surface area contributed by atoms with E-state index in [-0.39, 0.29) is 45.1 Å². The van der Waals surface area contributed by atoms with E-state index >= 15 is 4.39 Å². The second-order valence-electron chi connectivity index (χ2n) is 14.2. The first kappa shape index (κ1) is 40.9. The first-order valence-electron chi connectivity index (χ1n) is 18.1. The molecule has 2 aromatic carbocycles. The number of aryl methyl sites for hydroxylation is 1. The summed E-state index contributed by atoms with van der Waals surface area (Å²) in [6.45, 7) is 4.11. The third kappa shape index (κ3) is 9.52. The molecule has 4 bridgehead atoms. The zero-order valence-electron chi connectivity index (χ0n) is 31.1. The topological polar surface area (TPSA) is 141 Å². The number of sulfonamides is 1. The van der Waals surface area contributed by atoms with Gasteiger partial charge in [0.1, 0.15) is 24.2 Å². The van der Waals surface area contributed by atoms with Gasteiger partial charge in [-0.1, -0.05) is 24.6 Å². The van der Waals surface area contributed by atoms with Gasteiger partial charge in [-0.05, 0) is 91.5 Å². The first-order valence-corrected chi connectivity index (χ1v) is 20.2. The molecule has 1 amide bonds. The predicted octanol–water partition coefficient (Wildman–Crippen LogP) is 4.81. The normalized spacial score (nSPS) is 20.3. The van der Waals surface area contributed by atoms with Gasteiger partial charge in [-0.2, -0.15) is 0 Å². The number of primary sulfonamides is 1.